The Hall–Kier alpha value is -1.08. The van der Waals surface area contributed by atoms with E-state index in [1.165, 1.54) is 11.8 Å². The van der Waals surface area contributed by atoms with Gasteiger partial charge in [-0.3, -0.25) is 0 Å². The zero-order chi connectivity index (χ0) is 10.8. The van der Waals surface area contributed by atoms with E-state index in [-0.39, 0.29) is 0 Å². The lowest BCUT2D eigenvalue weighted by Gasteiger charge is -2.03. The van der Waals surface area contributed by atoms with Crippen LogP contribution in [0, 0.1) is 0 Å². The number of halogens is 1. The molecule has 0 bridgehead atoms. The Morgan fingerprint density at radius 1 is 1.47 bits per heavy atom. The fraction of sp³-hybridized carbons (Fsp3) is 0.125. The van der Waals surface area contributed by atoms with Gasteiger partial charge in [0.1, 0.15) is 0 Å². The minimum Gasteiger partial charge on any atom is -0.398 e. The van der Waals surface area contributed by atoms with Crippen molar-refractivity contribution in [1.29, 1.82) is 0 Å². The van der Waals surface area contributed by atoms with Gasteiger partial charge in [-0.05, 0) is 40.4 Å². The molecular weight excluding hydrogens is 278 g/mol. The van der Waals surface area contributed by atoms with E-state index < -0.39 is 0 Å². The molecule has 0 aliphatic carbocycles. The molecule has 0 unspecified atom stereocenters. The monoisotopic (exact) mass is 285 g/mol. The molecule has 1 heterocycles. The van der Waals surface area contributed by atoms with Gasteiger partial charge in [0.2, 0.25) is 5.16 Å². The molecule has 0 spiro atoms. The largest absolute Gasteiger partial charge is 0.398 e. The van der Waals surface area contributed by atoms with Crippen LogP contribution < -0.4 is 5.73 Å². The summed E-state index contributed by atoms with van der Waals surface area (Å²) in [6.07, 6.45) is 0. The molecule has 0 radical (unpaired) electrons. The predicted molar refractivity (Wildman–Crippen MR) is 61.5 cm³/mol. The number of hydrogen-bond donors (Lipinski definition) is 1. The van der Waals surface area contributed by atoms with E-state index >= 15 is 0 Å². The predicted octanol–water partition coefficient (Wildman–Crippen LogP) is 1.71. The average Bonchev–Trinajstić information content (AvgIpc) is 2.58. The summed E-state index contributed by atoms with van der Waals surface area (Å²) in [5.74, 6) is 0. The second kappa shape index (κ2) is 4.19. The molecule has 2 aromatic rings. The van der Waals surface area contributed by atoms with Gasteiger partial charge in [0.05, 0.1) is 0 Å². The fourth-order valence-electron chi connectivity index (χ4n) is 1.00. The molecule has 2 N–H and O–H groups in total. The number of anilines is 1. The third-order valence-electron chi connectivity index (χ3n) is 1.76. The summed E-state index contributed by atoms with van der Waals surface area (Å²) in [7, 11) is 1.79. The van der Waals surface area contributed by atoms with Crippen LogP contribution in [0.1, 0.15) is 0 Å². The molecule has 0 aliphatic heterocycles. The number of hydrogen-bond acceptors (Lipinski definition) is 5. The third kappa shape index (κ3) is 2.29. The maximum absolute atomic E-state index is 5.84. The van der Waals surface area contributed by atoms with Crippen LogP contribution in [-0.2, 0) is 7.05 Å². The highest BCUT2D eigenvalue weighted by molar-refractivity contribution is 9.10. The molecule has 78 valence electrons. The maximum atomic E-state index is 5.84. The summed E-state index contributed by atoms with van der Waals surface area (Å²) in [6.45, 7) is 0. The zero-order valence-corrected chi connectivity index (χ0v) is 10.3. The van der Waals surface area contributed by atoms with Crippen molar-refractivity contribution in [2.45, 2.75) is 10.1 Å². The van der Waals surface area contributed by atoms with Crippen molar-refractivity contribution < 1.29 is 0 Å². The Morgan fingerprint density at radius 3 is 2.93 bits per heavy atom. The summed E-state index contributed by atoms with van der Waals surface area (Å²) >= 11 is 4.83. The van der Waals surface area contributed by atoms with Crippen LogP contribution in [0.5, 0.6) is 0 Å². The van der Waals surface area contributed by atoms with Crippen molar-refractivity contribution in [3.8, 4) is 0 Å². The lowest BCUT2D eigenvalue weighted by atomic mass is 10.3. The van der Waals surface area contributed by atoms with E-state index in [2.05, 4.69) is 31.5 Å². The molecule has 0 saturated carbocycles. The lowest BCUT2D eigenvalue weighted by Crippen LogP contribution is -1.94. The van der Waals surface area contributed by atoms with Crippen LogP contribution in [0.2, 0.25) is 0 Å². The van der Waals surface area contributed by atoms with Crippen LogP contribution in [0.3, 0.4) is 0 Å². The first kappa shape index (κ1) is 10.4. The molecule has 0 aliphatic rings. The average molecular weight is 286 g/mol. The molecule has 2 rings (SSSR count). The Bertz CT molecular complexity index is 484. The van der Waals surface area contributed by atoms with Crippen LogP contribution in [0.15, 0.2) is 32.7 Å². The fourth-order valence-corrected chi connectivity index (χ4v) is 2.33. The molecule has 7 heteroatoms. The number of aryl methyl sites for hydroxylation is 1. The number of nitrogen functional groups attached to an aromatic ring is 1. The summed E-state index contributed by atoms with van der Waals surface area (Å²) < 4.78 is 2.58. The summed E-state index contributed by atoms with van der Waals surface area (Å²) in [5.41, 5.74) is 6.55. The number of benzene rings is 1. The Kier molecular flexibility index (Phi) is 2.92. The molecular formula is C8H8BrN5S. The van der Waals surface area contributed by atoms with E-state index in [1.807, 2.05) is 18.2 Å². The quantitative estimate of drug-likeness (QED) is 0.851. The second-order valence-corrected chi connectivity index (χ2v) is 4.79. The van der Waals surface area contributed by atoms with Crippen molar-refractivity contribution >= 4 is 33.4 Å². The summed E-state index contributed by atoms with van der Waals surface area (Å²) in [4.78, 5) is 0.933. The van der Waals surface area contributed by atoms with Crippen molar-refractivity contribution in [3.05, 3.63) is 22.7 Å². The normalized spacial score (nSPS) is 10.5. The van der Waals surface area contributed by atoms with Crippen LogP contribution in [0.25, 0.3) is 0 Å². The van der Waals surface area contributed by atoms with Gasteiger partial charge >= 0.3 is 0 Å². The smallest absolute Gasteiger partial charge is 0.213 e. The topological polar surface area (TPSA) is 69.6 Å². The van der Waals surface area contributed by atoms with Gasteiger partial charge in [0.15, 0.2) is 0 Å². The number of nitrogens with zero attached hydrogens (tertiary/aromatic N) is 4. The van der Waals surface area contributed by atoms with Crippen molar-refractivity contribution in [2.75, 3.05) is 5.73 Å². The van der Waals surface area contributed by atoms with Crippen LogP contribution in [0.4, 0.5) is 5.69 Å². The van der Waals surface area contributed by atoms with Gasteiger partial charge in [0.25, 0.3) is 0 Å². The molecule has 1 aromatic heterocycles. The molecule has 0 atom stereocenters. The highest BCUT2D eigenvalue weighted by Crippen LogP contribution is 2.32. The maximum Gasteiger partial charge on any atom is 0.213 e. The van der Waals surface area contributed by atoms with Crippen LogP contribution >= 0.6 is 27.7 Å². The minimum absolute atomic E-state index is 0.708. The first-order chi connectivity index (χ1) is 7.16. The highest BCUT2D eigenvalue weighted by Gasteiger charge is 2.07. The molecule has 15 heavy (non-hydrogen) atoms. The first-order valence-corrected chi connectivity index (χ1v) is 5.73. The van der Waals surface area contributed by atoms with Crippen molar-refractivity contribution in [2.24, 2.45) is 7.05 Å². The molecule has 0 saturated heterocycles. The molecule has 0 fully saturated rings. The van der Waals surface area contributed by atoms with E-state index in [9.17, 15) is 0 Å². The van der Waals surface area contributed by atoms with Crippen molar-refractivity contribution in [1.82, 2.24) is 20.2 Å². The van der Waals surface area contributed by atoms with Crippen LogP contribution in [-0.4, -0.2) is 20.2 Å². The Balaban J connectivity index is 2.32. The standard InChI is InChI=1S/C8H8BrN5S/c1-14-8(11-12-13-14)15-7-4-5(9)2-3-6(7)10/h2-4H,10H2,1H3. The van der Waals surface area contributed by atoms with E-state index in [0.717, 1.165) is 9.37 Å². The molecule has 0 amide bonds. The van der Waals surface area contributed by atoms with E-state index in [1.54, 1.807) is 11.7 Å². The van der Waals surface area contributed by atoms with Gasteiger partial charge in [-0.1, -0.05) is 15.9 Å². The van der Waals surface area contributed by atoms with Crippen molar-refractivity contribution in [3.63, 3.8) is 0 Å². The first-order valence-electron chi connectivity index (χ1n) is 4.12. The number of rotatable bonds is 2. The van der Waals surface area contributed by atoms with E-state index in [0.29, 0.717) is 10.8 Å². The SMILES string of the molecule is Cn1nnnc1Sc1cc(Br)ccc1N. The van der Waals surface area contributed by atoms with Gasteiger partial charge in [-0.2, -0.15) is 0 Å². The highest BCUT2D eigenvalue weighted by atomic mass is 79.9. The molecule has 1 aromatic carbocycles. The lowest BCUT2D eigenvalue weighted by molar-refractivity contribution is 0.664. The summed E-state index contributed by atoms with van der Waals surface area (Å²) in [6, 6.07) is 5.68. The Labute approximate surface area is 99.2 Å². The number of aromatic nitrogens is 4. The number of tetrazole rings is 1. The van der Waals surface area contributed by atoms with E-state index in [4.69, 9.17) is 5.73 Å². The summed E-state index contributed by atoms with van der Waals surface area (Å²) in [5, 5.41) is 11.9. The van der Waals surface area contributed by atoms with Gasteiger partial charge in [-0.15, -0.1) is 5.10 Å². The minimum atomic E-state index is 0.708. The third-order valence-corrected chi connectivity index (χ3v) is 3.35. The van der Waals surface area contributed by atoms with Gasteiger partial charge in [-0.25, -0.2) is 4.68 Å². The van der Waals surface area contributed by atoms with Gasteiger partial charge < -0.3 is 5.73 Å². The molecule has 5 nitrogen and oxygen atoms in total. The van der Waals surface area contributed by atoms with Gasteiger partial charge in [0, 0.05) is 22.1 Å². The second-order valence-electron chi connectivity index (χ2n) is 2.87. The zero-order valence-electron chi connectivity index (χ0n) is 7.88. The Morgan fingerprint density at radius 2 is 2.27 bits per heavy atom. The number of nitrogens with two attached hydrogens (primary N) is 1.